The number of hydrogen-bond acceptors (Lipinski definition) is 4. The van der Waals surface area contributed by atoms with Gasteiger partial charge in [0.15, 0.2) is 9.84 Å². The van der Waals surface area contributed by atoms with Crippen molar-refractivity contribution in [3.63, 3.8) is 0 Å². The third-order valence-electron chi connectivity index (χ3n) is 2.85. The van der Waals surface area contributed by atoms with E-state index in [1.807, 2.05) is 0 Å². The van der Waals surface area contributed by atoms with Crippen molar-refractivity contribution in [1.29, 1.82) is 5.41 Å². The standard InChI is InChI=1S/C13H20N2O2S2/c1-3-10(2)18-8-9-19(16,17)12-6-4-11(5-7-12)13(14)15/h4-7,10H,3,8-9H2,1-2H3,(H3,14,15). The smallest absolute Gasteiger partial charge is 0.179 e. The zero-order chi connectivity index (χ0) is 14.5. The number of rotatable bonds is 7. The van der Waals surface area contributed by atoms with Gasteiger partial charge in [0, 0.05) is 16.6 Å². The quantitative estimate of drug-likeness (QED) is 0.597. The normalized spacial score (nSPS) is 13.2. The lowest BCUT2D eigenvalue weighted by Gasteiger charge is -2.09. The van der Waals surface area contributed by atoms with Crippen LogP contribution in [0.5, 0.6) is 0 Å². The van der Waals surface area contributed by atoms with Crippen LogP contribution in [0.15, 0.2) is 29.2 Å². The first-order valence-electron chi connectivity index (χ1n) is 6.15. The number of amidine groups is 1. The SMILES string of the molecule is CCC(C)SCCS(=O)(=O)c1ccc(C(=N)N)cc1. The third kappa shape index (κ3) is 4.87. The minimum absolute atomic E-state index is 0.0590. The van der Waals surface area contributed by atoms with Crippen LogP contribution in [0.3, 0.4) is 0 Å². The van der Waals surface area contributed by atoms with Crippen LogP contribution >= 0.6 is 11.8 Å². The Bertz CT molecular complexity index is 524. The monoisotopic (exact) mass is 300 g/mol. The molecule has 0 bridgehead atoms. The first-order chi connectivity index (χ1) is 8.86. The molecule has 1 unspecified atom stereocenters. The van der Waals surface area contributed by atoms with E-state index in [0.717, 1.165) is 6.42 Å². The third-order valence-corrected chi connectivity index (χ3v) is 6.19. The van der Waals surface area contributed by atoms with Crippen LogP contribution in [0, 0.1) is 5.41 Å². The van der Waals surface area contributed by atoms with E-state index in [9.17, 15) is 8.42 Å². The molecule has 0 aromatic heterocycles. The second kappa shape index (κ2) is 6.96. The topological polar surface area (TPSA) is 84.0 Å². The fraction of sp³-hybridized carbons (Fsp3) is 0.462. The van der Waals surface area contributed by atoms with Crippen molar-refractivity contribution in [2.24, 2.45) is 5.73 Å². The van der Waals surface area contributed by atoms with Crippen LogP contribution in [-0.2, 0) is 9.84 Å². The van der Waals surface area contributed by atoms with E-state index in [1.165, 1.54) is 12.1 Å². The zero-order valence-electron chi connectivity index (χ0n) is 11.2. The summed E-state index contributed by atoms with van der Waals surface area (Å²) in [6.45, 7) is 4.19. The number of sulfone groups is 1. The molecule has 0 radical (unpaired) electrons. The molecule has 0 fully saturated rings. The number of hydrogen-bond donors (Lipinski definition) is 2. The second-order valence-corrected chi connectivity index (χ2v) is 8.00. The molecule has 1 atom stereocenters. The molecule has 1 rings (SSSR count). The van der Waals surface area contributed by atoms with Gasteiger partial charge in [0.1, 0.15) is 5.84 Å². The van der Waals surface area contributed by atoms with Gasteiger partial charge in [0.2, 0.25) is 0 Å². The molecule has 0 aliphatic carbocycles. The Labute approximate surface area is 119 Å². The molecule has 106 valence electrons. The molecule has 1 aromatic carbocycles. The highest BCUT2D eigenvalue weighted by Crippen LogP contribution is 2.17. The van der Waals surface area contributed by atoms with Gasteiger partial charge in [-0.05, 0) is 18.6 Å². The molecule has 0 amide bonds. The predicted molar refractivity (Wildman–Crippen MR) is 81.7 cm³/mol. The number of benzene rings is 1. The summed E-state index contributed by atoms with van der Waals surface area (Å²) in [6, 6.07) is 6.16. The lowest BCUT2D eigenvalue weighted by atomic mass is 10.2. The summed E-state index contributed by atoms with van der Waals surface area (Å²) in [6.07, 6.45) is 1.04. The van der Waals surface area contributed by atoms with Gasteiger partial charge in [-0.3, -0.25) is 5.41 Å². The maximum atomic E-state index is 12.1. The molecule has 1 aromatic rings. The van der Waals surface area contributed by atoms with E-state index in [0.29, 0.717) is 21.5 Å². The Balaban J connectivity index is 2.69. The van der Waals surface area contributed by atoms with Gasteiger partial charge in [0.25, 0.3) is 0 Å². The van der Waals surface area contributed by atoms with Gasteiger partial charge >= 0.3 is 0 Å². The predicted octanol–water partition coefficient (Wildman–Crippen LogP) is 2.28. The van der Waals surface area contributed by atoms with E-state index in [2.05, 4.69) is 13.8 Å². The molecule has 3 N–H and O–H groups in total. The molecule has 4 nitrogen and oxygen atoms in total. The molecule has 0 heterocycles. The van der Waals surface area contributed by atoms with Crippen LogP contribution in [0.2, 0.25) is 0 Å². The molecule has 0 saturated heterocycles. The maximum absolute atomic E-state index is 12.1. The maximum Gasteiger partial charge on any atom is 0.179 e. The molecule has 19 heavy (non-hydrogen) atoms. The van der Waals surface area contributed by atoms with E-state index in [1.54, 1.807) is 23.9 Å². The summed E-state index contributed by atoms with van der Waals surface area (Å²) >= 11 is 1.67. The number of nitrogens with one attached hydrogen (secondary N) is 1. The van der Waals surface area contributed by atoms with Crippen molar-refractivity contribution in [3.05, 3.63) is 29.8 Å². The largest absolute Gasteiger partial charge is 0.384 e. The van der Waals surface area contributed by atoms with Crippen molar-refractivity contribution in [2.75, 3.05) is 11.5 Å². The van der Waals surface area contributed by atoms with Crippen molar-refractivity contribution in [2.45, 2.75) is 30.4 Å². The van der Waals surface area contributed by atoms with Crippen LogP contribution in [0.1, 0.15) is 25.8 Å². The molecule has 0 saturated carbocycles. The van der Waals surface area contributed by atoms with Crippen molar-refractivity contribution in [3.8, 4) is 0 Å². The van der Waals surface area contributed by atoms with Crippen LogP contribution < -0.4 is 5.73 Å². The lowest BCUT2D eigenvalue weighted by molar-refractivity contribution is 0.597. The van der Waals surface area contributed by atoms with Crippen molar-refractivity contribution < 1.29 is 8.42 Å². The number of nitrogens with two attached hydrogens (primary N) is 1. The summed E-state index contributed by atoms with van der Waals surface area (Å²) in [5.74, 6) is 0.684. The number of thioether (sulfide) groups is 1. The van der Waals surface area contributed by atoms with E-state index < -0.39 is 9.84 Å². The lowest BCUT2D eigenvalue weighted by Crippen LogP contribution is -2.13. The number of nitrogen functional groups attached to an aromatic ring is 1. The summed E-state index contributed by atoms with van der Waals surface area (Å²) in [7, 11) is -3.24. The van der Waals surface area contributed by atoms with Crippen LogP contribution in [0.25, 0.3) is 0 Å². The van der Waals surface area contributed by atoms with Crippen LogP contribution in [0.4, 0.5) is 0 Å². The Morgan fingerprint density at radius 2 is 1.95 bits per heavy atom. The molecule has 0 aliphatic rings. The van der Waals surface area contributed by atoms with E-state index in [-0.39, 0.29) is 11.6 Å². The zero-order valence-corrected chi connectivity index (χ0v) is 12.9. The van der Waals surface area contributed by atoms with E-state index in [4.69, 9.17) is 11.1 Å². The van der Waals surface area contributed by atoms with Gasteiger partial charge in [0.05, 0.1) is 10.6 Å². The van der Waals surface area contributed by atoms with Crippen LogP contribution in [-0.4, -0.2) is 31.0 Å². The highest BCUT2D eigenvalue weighted by molar-refractivity contribution is 8.01. The summed E-state index contributed by atoms with van der Waals surface area (Å²) < 4.78 is 24.2. The molecule has 0 spiro atoms. The molecule has 6 heteroatoms. The first-order valence-corrected chi connectivity index (χ1v) is 8.85. The minimum Gasteiger partial charge on any atom is -0.384 e. The fourth-order valence-corrected chi connectivity index (χ4v) is 4.12. The summed E-state index contributed by atoms with van der Waals surface area (Å²) in [4.78, 5) is 0.294. The highest BCUT2D eigenvalue weighted by atomic mass is 32.2. The molecule has 0 aliphatic heterocycles. The Morgan fingerprint density at radius 1 is 1.37 bits per heavy atom. The molecular weight excluding hydrogens is 280 g/mol. The fourth-order valence-electron chi connectivity index (χ4n) is 1.44. The average molecular weight is 300 g/mol. The highest BCUT2D eigenvalue weighted by Gasteiger charge is 2.15. The van der Waals surface area contributed by atoms with Gasteiger partial charge in [-0.1, -0.05) is 26.0 Å². The Hall–Kier alpha value is -1.01. The minimum atomic E-state index is -3.24. The first kappa shape index (κ1) is 16.0. The Morgan fingerprint density at radius 3 is 2.42 bits per heavy atom. The Kier molecular flexibility index (Phi) is 5.87. The van der Waals surface area contributed by atoms with Crippen molar-refractivity contribution in [1.82, 2.24) is 0 Å². The summed E-state index contributed by atoms with van der Waals surface area (Å²) in [5.41, 5.74) is 5.87. The summed E-state index contributed by atoms with van der Waals surface area (Å²) in [5, 5.41) is 7.75. The second-order valence-electron chi connectivity index (χ2n) is 4.35. The van der Waals surface area contributed by atoms with Gasteiger partial charge in [-0.2, -0.15) is 11.8 Å². The van der Waals surface area contributed by atoms with Gasteiger partial charge in [-0.15, -0.1) is 0 Å². The molecular formula is C13H20N2O2S2. The average Bonchev–Trinajstić information content (AvgIpc) is 2.38. The van der Waals surface area contributed by atoms with Gasteiger partial charge < -0.3 is 5.73 Å². The van der Waals surface area contributed by atoms with Crippen molar-refractivity contribution >= 4 is 27.4 Å². The van der Waals surface area contributed by atoms with Gasteiger partial charge in [-0.25, -0.2) is 8.42 Å². The van der Waals surface area contributed by atoms with E-state index >= 15 is 0 Å².